The van der Waals surface area contributed by atoms with Crippen LogP contribution < -0.4 is 0 Å². The summed E-state index contributed by atoms with van der Waals surface area (Å²) in [4.78, 5) is 4.69. The van der Waals surface area contributed by atoms with E-state index < -0.39 is 0 Å². The van der Waals surface area contributed by atoms with Crippen molar-refractivity contribution in [3.05, 3.63) is 0 Å². The molecule has 0 aromatic carbocycles. The van der Waals surface area contributed by atoms with Crippen LogP contribution in [0.15, 0.2) is 0 Å². The van der Waals surface area contributed by atoms with Crippen LogP contribution in [0.1, 0.15) is 52.9 Å². The first kappa shape index (κ1) is 18.5. The van der Waals surface area contributed by atoms with E-state index in [1.54, 1.807) is 0 Å². The lowest BCUT2D eigenvalue weighted by Crippen LogP contribution is -2.45. The maximum atomic E-state index is 9.49. The van der Waals surface area contributed by atoms with Crippen LogP contribution in [0.3, 0.4) is 0 Å². The van der Waals surface area contributed by atoms with E-state index in [4.69, 9.17) is 0 Å². The molecule has 1 aliphatic rings. The first-order valence-corrected chi connectivity index (χ1v) is 8.56. The molecule has 0 aromatic rings. The van der Waals surface area contributed by atoms with E-state index in [2.05, 4.69) is 57.8 Å². The summed E-state index contributed by atoms with van der Waals surface area (Å²) < 4.78 is 0. The van der Waals surface area contributed by atoms with Crippen LogP contribution in [0.4, 0.5) is 0 Å². The first-order valence-electron chi connectivity index (χ1n) is 8.56. The second-order valence-electron chi connectivity index (χ2n) is 7.79. The van der Waals surface area contributed by atoms with Crippen molar-refractivity contribution in [1.82, 2.24) is 9.80 Å². The fourth-order valence-corrected chi connectivity index (χ4v) is 3.59. The fraction of sp³-hybridized carbons (Fsp3) is 0.944. The molecule has 0 aliphatic heterocycles. The summed E-state index contributed by atoms with van der Waals surface area (Å²) in [5, 5.41) is 9.49. The van der Waals surface area contributed by atoms with Crippen LogP contribution >= 0.6 is 0 Å². The third-order valence-corrected chi connectivity index (χ3v) is 5.68. The van der Waals surface area contributed by atoms with Crippen molar-refractivity contribution in [2.24, 2.45) is 17.3 Å². The molecule has 0 N–H and O–H groups in total. The van der Waals surface area contributed by atoms with Crippen LogP contribution in [-0.4, -0.2) is 50.1 Å². The maximum Gasteiger partial charge on any atom is 0.0672 e. The molecule has 1 saturated carbocycles. The second-order valence-corrected chi connectivity index (χ2v) is 7.79. The summed E-state index contributed by atoms with van der Waals surface area (Å²) in [6, 6.07) is 3.02. The third-order valence-electron chi connectivity index (χ3n) is 5.68. The first-order chi connectivity index (χ1) is 9.81. The highest BCUT2D eigenvalue weighted by Crippen LogP contribution is 2.43. The maximum absolute atomic E-state index is 9.49. The van der Waals surface area contributed by atoms with Gasteiger partial charge in [0.05, 0.1) is 12.0 Å². The van der Waals surface area contributed by atoms with Gasteiger partial charge in [0.1, 0.15) is 0 Å². The summed E-state index contributed by atoms with van der Waals surface area (Å²) >= 11 is 0. The largest absolute Gasteiger partial charge is 0.309 e. The summed E-state index contributed by atoms with van der Waals surface area (Å²) in [7, 11) is 6.46. The zero-order chi connectivity index (χ0) is 16.0. The van der Waals surface area contributed by atoms with Gasteiger partial charge in [0.15, 0.2) is 0 Å². The van der Waals surface area contributed by atoms with Crippen molar-refractivity contribution in [2.75, 3.05) is 34.2 Å². The molecule has 3 atom stereocenters. The van der Waals surface area contributed by atoms with E-state index in [1.165, 1.54) is 25.7 Å². The van der Waals surface area contributed by atoms with E-state index in [1.807, 2.05) is 0 Å². The van der Waals surface area contributed by atoms with Crippen LogP contribution in [0.25, 0.3) is 0 Å². The lowest BCUT2D eigenvalue weighted by atomic mass is 9.66. The van der Waals surface area contributed by atoms with Crippen LogP contribution in [0.5, 0.6) is 0 Å². The Balaban J connectivity index is 2.64. The molecule has 0 radical (unpaired) electrons. The lowest BCUT2D eigenvalue weighted by Gasteiger charge is -2.44. The number of nitriles is 1. The van der Waals surface area contributed by atoms with E-state index in [9.17, 15) is 5.26 Å². The highest BCUT2D eigenvalue weighted by atomic mass is 15.1. The molecule has 1 aliphatic carbocycles. The monoisotopic (exact) mass is 293 g/mol. The molecule has 0 aromatic heterocycles. The Morgan fingerprint density at radius 3 is 2.33 bits per heavy atom. The summed E-state index contributed by atoms with van der Waals surface area (Å²) in [6.07, 6.45) is 5.90. The molecule has 0 saturated heterocycles. The van der Waals surface area contributed by atoms with Crippen LogP contribution in [0.2, 0.25) is 0 Å². The number of hydrogen-bond donors (Lipinski definition) is 0. The standard InChI is InChI=1S/C18H35N3/c1-7-18(2,3)16-10-9-15(14-19)17(13-16)21(6)12-8-11-20(4)5/h15-17H,7-13H2,1-6H3. The summed E-state index contributed by atoms with van der Waals surface area (Å²) in [5.74, 6) is 0.978. The Labute approximate surface area is 132 Å². The van der Waals surface area contributed by atoms with Crippen LogP contribution in [0, 0.1) is 28.6 Å². The molecule has 1 rings (SSSR count). The quantitative estimate of drug-likeness (QED) is 0.718. The van der Waals surface area contributed by atoms with E-state index in [-0.39, 0.29) is 5.92 Å². The molecule has 3 nitrogen and oxygen atoms in total. The van der Waals surface area contributed by atoms with Gasteiger partial charge < -0.3 is 9.80 Å². The molecule has 0 bridgehead atoms. The zero-order valence-corrected chi connectivity index (χ0v) is 15.0. The predicted molar refractivity (Wildman–Crippen MR) is 90.1 cm³/mol. The lowest BCUT2D eigenvalue weighted by molar-refractivity contribution is 0.0632. The molecule has 0 amide bonds. The van der Waals surface area contributed by atoms with Gasteiger partial charge >= 0.3 is 0 Å². The van der Waals surface area contributed by atoms with E-state index >= 15 is 0 Å². The topological polar surface area (TPSA) is 30.3 Å². The van der Waals surface area contributed by atoms with Gasteiger partial charge in [-0.1, -0.05) is 27.2 Å². The molecule has 21 heavy (non-hydrogen) atoms. The minimum absolute atomic E-state index is 0.221. The average Bonchev–Trinajstić information content (AvgIpc) is 2.45. The van der Waals surface area contributed by atoms with Crippen molar-refractivity contribution in [1.29, 1.82) is 5.26 Å². The van der Waals surface area contributed by atoms with Crippen molar-refractivity contribution < 1.29 is 0 Å². The van der Waals surface area contributed by atoms with Crippen LogP contribution in [-0.2, 0) is 0 Å². The second kappa shape index (κ2) is 8.15. The van der Waals surface area contributed by atoms with E-state index in [0.717, 1.165) is 25.4 Å². The fourth-order valence-electron chi connectivity index (χ4n) is 3.59. The molecule has 3 heteroatoms. The van der Waals surface area contributed by atoms with E-state index in [0.29, 0.717) is 11.5 Å². The minimum atomic E-state index is 0.221. The normalized spacial score (nSPS) is 27.1. The smallest absolute Gasteiger partial charge is 0.0672 e. The summed E-state index contributed by atoms with van der Waals surface area (Å²) in [5.41, 5.74) is 0.406. The SMILES string of the molecule is CCC(C)(C)C1CCC(C#N)C(N(C)CCCN(C)C)C1. The Bertz CT molecular complexity index is 343. The Morgan fingerprint density at radius 1 is 1.14 bits per heavy atom. The van der Waals surface area contributed by atoms with Crippen molar-refractivity contribution in [3.63, 3.8) is 0 Å². The van der Waals surface area contributed by atoms with Gasteiger partial charge in [0, 0.05) is 6.04 Å². The zero-order valence-electron chi connectivity index (χ0n) is 15.0. The Kier molecular flexibility index (Phi) is 7.16. The molecule has 3 unspecified atom stereocenters. The molecule has 0 heterocycles. The minimum Gasteiger partial charge on any atom is -0.309 e. The number of rotatable bonds is 7. The van der Waals surface area contributed by atoms with Gasteiger partial charge in [0.25, 0.3) is 0 Å². The summed E-state index contributed by atoms with van der Waals surface area (Å²) in [6.45, 7) is 9.31. The predicted octanol–water partition coefficient (Wildman–Crippen LogP) is 3.61. The highest BCUT2D eigenvalue weighted by Gasteiger charge is 2.38. The Hall–Kier alpha value is -0.590. The van der Waals surface area contributed by atoms with Gasteiger partial charge in [0.2, 0.25) is 0 Å². The molecular weight excluding hydrogens is 258 g/mol. The van der Waals surface area contributed by atoms with Gasteiger partial charge in [-0.25, -0.2) is 0 Å². The molecule has 1 fully saturated rings. The molecule has 0 spiro atoms. The van der Waals surface area contributed by atoms with Gasteiger partial charge in [-0.2, -0.15) is 5.26 Å². The van der Waals surface area contributed by atoms with Gasteiger partial charge in [-0.05, 0) is 71.2 Å². The molecule has 122 valence electrons. The average molecular weight is 293 g/mol. The van der Waals surface area contributed by atoms with Crippen molar-refractivity contribution in [3.8, 4) is 6.07 Å². The van der Waals surface area contributed by atoms with Crippen molar-refractivity contribution >= 4 is 0 Å². The van der Waals surface area contributed by atoms with Gasteiger partial charge in [-0.3, -0.25) is 0 Å². The third kappa shape index (κ3) is 5.27. The van der Waals surface area contributed by atoms with Crippen molar-refractivity contribution in [2.45, 2.75) is 58.9 Å². The number of nitrogens with zero attached hydrogens (tertiary/aromatic N) is 3. The number of hydrogen-bond acceptors (Lipinski definition) is 3. The highest BCUT2D eigenvalue weighted by molar-refractivity contribution is 4.99. The molecular formula is C18H35N3. The van der Waals surface area contributed by atoms with Gasteiger partial charge in [-0.15, -0.1) is 0 Å². The Morgan fingerprint density at radius 2 is 1.81 bits per heavy atom.